The predicted octanol–water partition coefficient (Wildman–Crippen LogP) is 0.973. The van der Waals surface area contributed by atoms with Gasteiger partial charge in [0.1, 0.15) is 5.84 Å². The molecule has 1 amide bonds. The molecule has 0 unspecified atom stereocenters. The molecule has 4 N–H and O–H groups in total. The fourth-order valence-electron chi connectivity index (χ4n) is 2.89. The summed E-state index contributed by atoms with van der Waals surface area (Å²) in [6, 6.07) is 7.56. The van der Waals surface area contributed by atoms with E-state index >= 15 is 0 Å². The number of aliphatic imine (C=N–C) groups is 1. The summed E-state index contributed by atoms with van der Waals surface area (Å²) in [6.45, 7) is -0.162. The monoisotopic (exact) mass is 498 g/mol. The number of nitrogens with one attached hydrogen (secondary N) is 2. The van der Waals surface area contributed by atoms with E-state index in [1.807, 2.05) is 0 Å². The maximum Gasteiger partial charge on any atom is 0.374 e. The van der Waals surface area contributed by atoms with Crippen molar-refractivity contribution >= 4 is 43.4 Å². The molecule has 1 aliphatic heterocycles. The maximum atomic E-state index is 12.7. The lowest BCUT2D eigenvalue weighted by Crippen LogP contribution is -2.30. The Balaban J connectivity index is 1.59. The van der Waals surface area contributed by atoms with Crippen molar-refractivity contribution in [2.75, 3.05) is 18.5 Å². The summed E-state index contributed by atoms with van der Waals surface area (Å²) in [4.78, 5) is 28.2. The Morgan fingerprint density at radius 1 is 1.09 bits per heavy atom. The van der Waals surface area contributed by atoms with Crippen molar-refractivity contribution in [1.82, 2.24) is 4.72 Å². The molecular formula is C19H22N4O8S2. The minimum Gasteiger partial charge on any atom is -0.450 e. The molecular weight excluding hydrogens is 476 g/mol. The molecule has 2 aromatic rings. The number of esters is 1. The molecule has 0 saturated carbocycles. The Kier molecular flexibility index (Phi) is 7.50. The molecule has 0 spiro atoms. The number of furan rings is 1. The molecule has 1 aromatic carbocycles. The van der Waals surface area contributed by atoms with Gasteiger partial charge in [0.05, 0.1) is 4.90 Å². The van der Waals surface area contributed by atoms with Gasteiger partial charge in [-0.15, -0.1) is 0 Å². The van der Waals surface area contributed by atoms with Gasteiger partial charge >= 0.3 is 5.97 Å². The molecule has 178 valence electrons. The molecule has 0 bridgehead atoms. The van der Waals surface area contributed by atoms with Crippen LogP contribution in [0.15, 0.2) is 55.8 Å². The van der Waals surface area contributed by atoms with Crippen LogP contribution in [0.5, 0.6) is 0 Å². The van der Waals surface area contributed by atoms with E-state index < -0.39 is 49.4 Å². The van der Waals surface area contributed by atoms with Gasteiger partial charge < -0.3 is 14.5 Å². The van der Waals surface area contributed by atoms with Crippen molar-refractivity contribution in [3.8, 4) is 0 Å². The molecule has 14 heteroatoms. The Labute approximate surface area is 190 Å². The number of carbonyl (C=O) groups excluding carboxylic acids is 2. The summed E-state index contributed by atoms with van der Waals surface area (Å²) in [6.07, 6.45) is 3.27. The van der Waals surface area contributed by atoms with Crippen molar-refractivity contribution in [3.05, 3.63) is 42.2 Å². The third kappa shape index (κ3) is 6.87. The van der Waals surface area contributed by atoms with E-state index in [9.17, 15) is 26.4 Å². The number of hydrogen-bond donors (Lipinski definition) is 3. The van der Waals surface area contributed by atoms with E-state index in [1.165, 1.54) is 24.3 Å². The van der Waals surface area contributed by atoms with Crippen LogP contribution in [0.1, 0.15) is 36.2 Å². The number of amidine groups is 1. The number of nitrogens with zero attached hydrogens (tertiary/aromatic N) is 1. The van der Waals surface area contributed by atoms with E-state index in [4.69, 9.17) is 14.3 Å². The quantitative estimate of drug-likeness (QED) is 0.471. The summed E-state index contributed by atoms with van der Waals surface area (Å²) in [5, 5.41) is 6.68. The van der Waals surface area contributed by atoms with Crippen molar-refractivity contribution in [1.29, 1.82) is 0 Å². The van der Waals surface area contributed by atoms with E-state index in [-0.39, 0.29) is 10.6 Å². The van der Waals surface area contributed by atoms with Crippen LogP contribution in [-0.4, -0.2) is 47.7 Å². The number of primary sulfonamides is 1. The highest BCUT2D eigenvalue weighted by Gasteiger charge is 2.20. The molecule has 0 aliphatic carbocycles. The minimum atomic E-state index is -4.13. The van der Waals surface area contributed by atoms with Crippen LogP contribution in [0, 0.1) is 0 Å². The first-order chi connectivity index (χ1) is 15.5. The SMILES string of the molecule is NS(=O)(=O)c1ccc(C(=O)OCC(=O)Nc2cccc(S(=O)(=O)NC3=NCCCCC3)c2)o1. The number of ether oxygens (including phenoxy) is 1. The van der Waals surface area contributed by atoms with Crippen molar-refractivity contribution in [2.45, 2.75) is 35.7 Å². The van der Waals surface area contributed by atoms with Gasteiger partial charge in [0.2, 0.25) is 10.9 Å². The van der Waals surface area contributed by atoms with Crippen LogP contribution in [-0.2, 0) is 29.6 Å². The minimum absolute atomic E-state index is 0.0737. The van der Waals surface area contributed by atoms with E-state index in [1.54, 1.807) is 0 Å². The first-order valence-corrected chi connectivity index (χ1v) is 12.8. The zero-order chi connectivity index (χ0) is 24.1. The predicted molar refractivity (Wildman–Crippen MR) is 117 cm³/mol. The summed E-state index contributed by atoms with van der Waals surface area (Å²) in [5.74, 6) is -1.88. The van der Waals surface area contributed by atoms with Crippen molar-refractivity contribution in [2.24, 2.45) is 10.1 Å². The van der Waals surface area contributed by atoms with Crippen molar-refractivity contribution in [3.63, 3.8) is 0 Å². The molecule has 0 fully saturated rings. The van der Waals surface area contributed by atoms with Crippen LogP contribution in [0.25, 0.3) is 0 Å². The Bertz CT molecular complexity index is 1280. The second-order valence-corrected chi connectivity index (χ2v) is 10.2. The molecule has 1 aromatic heterocycles. The number of hydrogen-bond acceptors (Lipinski definition) is 9. The number of benzene rings is 1. The molecule has 33 heavy (non-hydrogen) atoms. The number of amides is 1. The highest BCUT2D eigenvalue weighted by atomic mass is 32.2. The van der Waals surface area contributed by atoms with Crippen LogP contribution >= 0.6 is 0 Å². The topological polar surface area (TPSA) is 187 Å². The molecule has 12 nitrogen and oxygen atoms in total. The lowest BCUT2D eigenvalue weighted by molar-refractivity contribution is -0.119. The second-order valence-electron chi connectivity index (χ2n) is 7.06. The van der Waals surface area contributed by atoms with Gasteiger partial charge in [-0.25, -0.2) is 26.8 Å². The van der Waals surface area contributed by atoms with Gasteiger partial charge in [-0.2, -0.15) is 0 Å². The number of nitrogens with two attached hydrogens (primary N) is 1. The van der Waals surface area contributed by atoms with E-state index in [2.05, 4.69) is 15.0 Å². The lowest BCUT2D eigenvalue weighted by atomic mass is 10.2. The first-order valence-electron chi connectivity index (χ1n) is 9.80. The third-order valence-electron chi connectivity index (χ3n) is 4.45. The zero-order valence-electron chi connectivity index (χ0n) is 17.3. The molecule has 0 atom stereocenters. The zero-order valence-corrected chi connectivity index (χ0v) is 18.9. The van der Waals surface area contributed by atoms with E-state index in [0.717, 1.165) is 31.4 Å². The van der Waals surface area contributed by atoms with Crippen LogP contribution in [0.2, 0.25) is 0 Å². The van der Waals surface area contributed by atoms with Crippen molar-refractivity contribution < 1.29 is 35.6 Å². The largest absolute Gasteiger partial charge is 0.450 e. The summed E-state index contributed by atoms with van der Waals surface area (Å²) >= 11 is 0. The van der Waals surface area contributed by atoms with Gasteiger partial charge in [-0.3, -0.25) is 14.5 Å². The number of carbonyl (C=O) groups is 2. The Morgan fingerprint density at radius 2 is 1.88 bits per heavy atom. The van der Waals surface area contributed by atoms with Gasteiger partial charge in [0.25, 0.3) is 26.0 Å². The van der Waals surface area contributed by atoms with Gasteiger partial charge in [-0.1, -0.05) is 12.5 Å². The van der Waals surface area contributed by atoms with Gasteiger partial charge in [0, 0.05) is 18.7 Å². The van der Waals surface area contributed by atoms with Crippen LogP contribution < -0.4 is 15.2 Å². The second kappa shape index (κ2) is 10.1. The fourth-order valence-corrected chi connectivity index (χ4v) is 4.49. The highest BCUT2D eigenvalue weighted by Crippen LogP contribution is 2.17. The van der Waals surface area contributed by atoms with Crippen LogP contribution in [0.4, 0.5) is 5.69 Å². The normalized spacial score (nSPS) is 14.6. The highest BCUT2D eigenvalue weighted by molar-refractivity contribution is 7.90. The van der Waals surface area contributed by atoms with Gasteiger partial charge in [0.15, 0.2) is 6.61 Å². The Hall–Kier alpha value is -3.23. The molecule has 2 heterocycles. The molecule has 0 saturated heterocycles. The third-order valence-corrected chi connectivity index (χ3v) is 6.61. The average molecular weight is 499 g/mol. The molecule has 0 radical (unpaired) electrons. The molecule has 3 rings (SSSR count). The number of rotatable bonds is 7. The number of sulfonamides is 2. The summed E-state index contributed by atoms with van der Waals surface area (Å²) in [5.41, 5.74) is 0.163. The maximum absolute atomic E-state index is 12.7. The Morgan fingerprint density at radius 3 is 2.61 bits per heavy atom. The summed E-state index contributed by atoms with van der Waals surface area (Å²) in [7, 11) is -8.03. The van der Waals surface area contributed by atoms with E-state index in [0.29, 0.717) is 18.8 Å². The van der Waals surface area contributed by atoms with Gasteiger partial charge in [-0.05, 0) is 43.2 Å². The first kappa shape index (κ1) is 24.4. The smallest absolute Gasteiger partial charge is 0.374 e. The standard InChI is InChI=1S/C19H22N4O8S2/c20-32(26,27)18-9-8-15(31-18)19(25)30-12-17(24)22-13-5-4-6-14(11-13)33(28,29)23-16-7-2-1-3-10-21-16/h4-6,8-9,11H,1-3,7,10,12H2,(H,21,23)(H,22,24)(H2,20,26,27). The average Bonchev–Trinajstić information content (AvgIpc) is 3.13. The number of anilines is 1. The fraction of sp³-hybridized carbons (Fsp3) is 0.316. The molecule has 1 aliphatic rings. The summed E-state index contributed by atoms with van der Waals surface area (Å²) < 4.78 is 59.7. The lowest BCUT2D eigenvalue weighted by Gasteiger charge is -2.11. The van der Waals surface area contributed by atoms with Crippen LogP contribution in [0.3, 0.4) is 0 Å².